The number of rotatable bonds is 5. The molecule has 1 aromatic rings. The van der Waals surface area contributed by atoms with Gasteiger partial charge in [0.05, 0.1) is 6.10 Å². The molecule has 1 aliphatic heterocycles. The minimum absolute atomic E-state index is 0.135. The van der Waals surface area contributed by atoms with Crippen LogP contribution in [0.15, 0.2) is 12.3 Å². The Bertz CT molecular complexity index is 389. The summed E-state index contributed by atoms with van der Waals surface area (Å²) in [5.74, 6) is 1.31. The number of ether oxygens (including phenoxy) is 1. The quantitative estimate of drug-likeness (QED) is 0.883. The standard InChI is InChI=1S/C14H24N4O/c1-4-18-9-6-12(7-10-18)16-14-15-8-5-13(17-14)19-11(2)3/h5,8,11-12H,4,6-7,9-10H2,1-3H3,(H,15,16,17). The average molecular weight is 264 g/mol. The Morgan fingerprint density at radius 2 is 2.16 bits per heavy atom. The maximum absolute atomic E-state index is 5.58. The molecule has 1 fully saturated rings. The molecule has 5 heteroatoms. The first-order valence-electron chi connectivity index (χ1n) is 7.16. The van der Waals surface area contributed by atoms with E-state index in [9.17, 15) is 0 Å². The summed E-state index contributed by atoms with van der Waals surface area (Å²) < 4.78 is 5.58. The summed E-state index contributed by atoms with van der Waals surface area (Å²) in [5.41, 5.74) is 0. The van der Waals surface area contributed by atoms with Crippen molar-refractivity contribution in [2.75, 3.05) is 25.0 Å². The molecule has 0 atom stereocenters. The number of piperidine rings is 1. The van der Waals surface area contributed by atoms with E-state index in [0.717, 1.165) is 32.5 Å². The van der Waals surface area contributed by atoms with Crippen molar-refractivity contribution in [3.05, 3.63) is 12.3 Å². The summed E-state index contributed by atoms with van der Waals surface area (Å²) in [4.78, 5) is 11.1. The molecule has 0 amide bonds. The molecular weight excluding hydrogens is 240 g/mol. The molecule has 0 aliphatic carbocycles. The summed E-state index contributed by atoms with van der Waals surface area (Å²) in [5, 5.41) is 3.41. The van der Waals surface area contributed by atoms with E-state index >= 15 is 0 Å². The Balaban J connectivity index is 1.89. The molecule has 1 aliphatic rings. The van der Waals surface area contributed by atoms with Gasteiger partial charge in [-0.2, -0.15) is 4.98 Å². The smallest absolute Gasteiger partial charge is 0.226 e. The van der Waals surface area contributed by atoms with Gasteiger partial charge < -0.3 is 15.0 Å². The number of anilines is 1. The van der Waals surface area contributed by atoms with Crippen LogP contribution < -0.4 is 10.1 Å². The Hall–Kier alpha value is -1.36. The average Bonchev–Trinajstić information content (AvgIpc) is 2.39. The van der Waals surface area contributed by atoms with Gasteiger partial charge in [0.2, 0.25) is 11.8 Å². The first-order valence-corrected chi connectivity index (χ1v) is 7.16. The molecule has 106 valence electrons. The Labute approximate surface area is 115 Å². The molecule has 0 saturated carbocycles. The molecule has 0 spiro atoms. The van der Waals surface area contributed by atoms with Crippen LogP contribution in [0.25, 0.3) is 0 Å². The highest BCUT2D eigenvalue weighted by molar-refractivity contribution is 5.29. The van der Waals surface area contributed by atoms with Gasteiger partial charge in [-0.25, -0.2) is 4.98 Å². The molecule has 0 radical (unpaired) electrons. The van der Waals surface area contributed by atoms with E-state index in [4.69, 9.17) is 4.74 Å². The van der Waals surface area contributed by atoms with E-state index in [1.165, 1.54) is 0 Å². The number of aromatic nitrogens is 2. The van der Waals surface area contributed by atoms with Gasteiger partial charge in [-0.15, -0.1) is 0 Å². The van der Waals surface area contributed by atoms with Gasteiger partial charge in [-0.3, -0.25) is 0 Å². The predicted molar refractivity (Wildman–Crippen MR) is 76.6 cm³/mol. The van der Waals surface area contributed by atoms with Crippen molar-refractivity contribution in [1.82, 2.24) is 14.9 Å². The van der Waals surface area contributed by atoms with Gasteiger partial charge in [0.25, 0.3) is 0 Å². The second-order valence-electron chi connectivity index (χ2n) is 5.24. The second-order valence-corrected chi connectivity index (χ2v) is 5.24. The van der Waals surface area contributed by atoms with Crippen molar-refractivity contribution in [3.63, 3.8) is 0 Å². The SMILES string of the molecule is CCN1CCC(Nc2nccc(OC(C)C)n2)CC1. The van der Waals surface area contributed by atoms with Gasteiger partial charge in [0.15, 0.2) is 0 Å². The van der Waals surface area contributed by atoms with Crippen LogP contribution in [0.5, 0.6) is 5.88 Å². The van der Waals surface area contributed by atoms with Crippen molar-refractivity contribution >= 4 is 5.95 Å². The van der Waals surface area contributed by atoms with E-state index in [-0.39, 0.29) is 6.10 Å². The monoisotopic (exact) mass is 264 g/mol. The summed E-state index contributed by atoms with van der Waals surface area (Å²) in [6.45, 7) is 9.64. The lowest BCUT2D eigenvalue weighted by molar-refractivity contribution is 0.227. The minimum Gasteiger partial charge on any atom is -0.475 e. The molecule has 1 saturated heterocycles. The normalized spacial score (nSPS) is 17.7. The van der Waals surface area contributed by atoms with Gasteiger partial charge in [0, 0.05) is 31.4 Å². The largest absolute Gasteiger partial charge is 0.475 e. The molecule has 0 unspecified atom stereocenters. The van der Waals surface area contributed by atoms with Crippen molar-refractivity contribution < 1.29 is 4.74 Å². The van der Waals surface area contributed by atoms with Crippen LogP contribution in [0.4, 0.5) is 5.95 Å². The molecular formula is C14H24N4O. The lowest BCUT2D eigenvalue weighted by Gasteiger charge is -2.31. The fourth-order valence-electron chi connectivity index (χ4n) is 2.29. The highest BCUT2D eigenvalue weighted by atomic mass is 16.5. The molecule has 0 bridgehead atoms. The van der Waals surface area contributed by atoms with E-state index in [2.05, 4.69) is 27.1 Å². The molecule has 2 heterocycles. The van der Waals surface area contributed by atoms with Crippen LogP contribution in [0.3, 0.4) is 0 Å². The van der Waals surface area contributed by atoms with Crippen LogP contribution in [0.1, 0.15) is 33.6 Å². The number of likely N-dealkylation sites (tertiary alicyclic amines) is 1. The number of hydrogen-bond acceptors (Lipinski definition) is 5. The lowest BCUT2D eigenvalue weighted by atomic mass is 10.1. The van der Waals surface area contributed by atoms with Crippen molar-refractivity contribution in [1.29, 1.82) is 0 Å². The topological polar surface area (TPSA) is 50.3 Å². The molecule has 1 aromatic heterocycles. The highest BCUT2D eigenvalue weighted by Crippen LogP contribution is 2.16. The third kappa shape index (κ3) is 4.35. The summed E-state index contributed by atoms with van der Waals surface area (Å²) in [7, 11) is 0. The molecule has 19 heavy (non-hydrogen) atoms. The maximum atomic E-state index is 5.58. The van der Waals surface area contributed by atoms with Crippen LogP contribution in [-0.2, 0) is 0 Å². The summed E-state index contributed by atoms with van der Waals surface area (Å²) in [6, 6.07) is 2.27. The third-order valence-corrected chi connectivity index (χ3v) is 3.35. The number of nitrogens with zero attached hydrogens (tertiary/aromatic N) is 3. The molecule has 5 nitrogen and oxygen atoms in total. The summed E-state index contributed by atoms with van der Waals surface area (Å²) >= 11 is 0. The van der Waals surface area contributed by atoms with Crippen molar-refractivity contribution in [2.24, 2.45) is 0 Å². The van der Waals surface area contributed by atoms with E-state index < -0.39 is 0 Å². The van der Waals surface area contributed by atoms with Gasteiger partial charge in [-0.1, -0.05) is 6.92 Å². The van der Waals surface area contributed by atoms with E-state index in [1.54, 1.807) is 12.3 Å². The Morgan fingerprint density at radius 3 is 2.79 bits per heavy atom. The lowest BCUT2D eigenvalue weighted by Crippen LogP contribution is -2.39. The highest BCUT2D eigenvalue weighted by Gasteiger charge is 2.18. The van der Waals surface area contributed by atoms with Gasteiger partial charge in [0.1, 0.15) is 0 Å². The van der Waals surface area contributed by atoms with Crippen molar-refractivity contribution in [3.8, 4) is 5.88 Å². The molecule has 2 rings (SSSR count). The second kappa shape index (κ2) is 6.70. The van der Waals surface area contributed by atoms with Gasteiger partial charge in [-0.05, 0) is 33.2 Å². The van der Waals surface area contributed by atoms with Crippen molar-refractivity contribution in [2.45, 2.75) is 45.8 Å². The van der Waals surface area contributed by atoms with Crippen LogP contribution in [0, 0.1) is 0 Å². The minimum atomic E-state index is 0.135. The fourth-order valence-corrected chi connectivity index (χ4v) is 2.29. The molecule has 1 N–H and O–H groups in total. The van der Waals surface area contributed by atoms with Gasteiger partial charge >= 0.3 is 0 Å². The first kappa shape index (κ1) is 14.1. The van der Waals surface area contributed by atoms with E-state index in [0.29, 0.717) is 17.9 Å². The Kier molecular flexibility index (Phi) is 4.96. The zero-order chi connectivity index (χ0) is 13.7. The predicted octanol–water partition coefficient (Wildman–Crippen LogP) is 2.16. The Morgan fingerprint density at radius 1 is 1.42 bits per heavy atom. The van der Waals surface area contributed by atoms with E-state index in [1.807, 2.05) is 13.8 Å². The van der Waals surface area contributed by atoms with Crippen LogP contribution in [-0.4, -0.2) is 46.6 Å². The maximum Gasteiger partial charge on any atom is 0.226 e. The summed E-state index contributed by atoms with van der Waals surface area (Å²) in [6.07, 6.45) is 4.17. The number of hydrogen-bond donors (Lipinski definition) is 1. The van der Waals surface area contributed by atoms with Crippen LogP contribution >= 0.6 is 0 Å². The fraction of sp³-hybridized carbons (Fsp3) is 0.714. The first-order chi connectivity index (χ1) is 9.17. The number of nitrogens with one attached hydrogen (secondary N) is 1. The third-order valence-electron chi connectivity index (χ3n) is 3.35. The molecule has 0 aromatic carbocycles. The van der Waals surface area contributed by atoms with Crippen LogP contribution in [0.2, 0.25) is 0 Å². The zero-order valence-electron chi connectivity index (χ0n) is 12.1. The zero-order valence-corrected chi connectivity index (χ0v) is 12.1.